The fourth-order valence-corrected chi connectivity index (χ4v) is 3.23. The first-order valence-electron chi connectivity index (χ1n) is 6.65. The number of aliphatic hydroxyl groups excluding tert-OH is 1. The molecule has 5 nitrogen and oxygen atoms in total. The molecule has 0 spiro atoms. The van der Waals surface area contributed by atoms with Crippen molar-refractivity contribution in [2.45, 2.75) is 17.7 Å². The molecule has 0 unspecified atom stereocenters. The quantitative estimate of drug-likeness (QED) is 0.719. The van der Waals surface area contributed by atoms with Crippen LogP contribution in [0, 0.1) is 5.82 Å². The van der Waals surface area contributed by atoms with E-state index in [9.17, 15) is 14.0 Å². The van der Waals surface area contributed by atoms with E-state index in [1.807, 2.05) is 0 Å². The number of carbonyl (C=O) groups is 2. The average Bonchev–Trinajstić information content (AvgIpc) is 2.49. The Morgan fingerprint density at radius 3 is 2.90 bits per heavy atom. The highest BCUT2D eigenvalue weighted by Crippen LogP contribution is 2.23. The molecule has 1 heterocycles. The third-order valence-electron chi connectivity index (χ3n) is 3.16. The normalized spacial score (nSPS) is 21.7. The molecule has 2 atom stereocenters. The maximum absolute atomic E-state index is 13.6. The second-order valence-corrected chi connectivity index (χ2v) is 5.93. The van der Waals surface area contributed by atoms with Crippen LogP contribution >= 0.6 is 11.8 Å². The molecule has 0 bridgehead atoms. The minimum Gasteiger partial charge on any atom is -0.395 e. The summed E-state index contributed by atoms with van der Waals surface area (Å²) >= 11 is 1.34. The van der Waals surface area contributed by atoms with Gasteiger partial charge in [-0.3, -0.25) is 9.59 Å². The van der Waals surface area contributed by atoms with Gasteiger partial charge in [-0.2, -0.15) is 0 Å². The van der Waals surface area contributed by atoms with Gasteiger partial charge in [-0.25, -0.2) is 4.39 Å². The Hall–Kier alpha value is -1.60. The number of aliphatic hydroxyl groups is 1. The lowest BCUT2D eigenvalue weighted by Gasteiger charge is -2.28. The molecule has 1 aromatic carbocycles. The van der Waals surface area contributed by atoms with Gasteiger partial charge in [0.25, 0.3) is 0 Å². The van der Waals surface area contributed by atoms with Crippen LogP contribution in [0.25, 0.3) is 0 Å². The molecule has 0 aliphatic carbocycles. The number of benzene rings is 1. The number of halogens is 1. The first-order valence-corrected chi connectivity index (χ1v) is 7.70. The number of thioether (sulfide) groups is 1. The minimum absolute atomic E-state index is 0.143. The minimum atomic E-state index is -0.606. The van der Waals surface area contributed by atoms with E-state index in [0.717, 1.165) is 0 Å². The molecular weight excluding hydrogens is 295 g/mol. The number of hydrogen-bond donors (Lipinski definition) is 3. The van der Waals surface area contributed by atoms with Gasteiger partial charge in [0.05, 0.1) is 11.9 Å². The van der Waals surface area contributed by atoms with E-state index < -0.39 is 11.3 Å². The molecule has 21 heavy (non-hydrogen) atoms. The summed E-state index contributed by atoms with van der Waals surface area (Å²) in [5.41, 5.74) is 0.494. The van der Waals surface area contributed by atoms with Crippen molar-refractivity contribution in [2.75, 3.05) is 18.9 Å². The van der Waals surface area contributed by atoms with Crippen molar-refractivity contribution in [3.8, 4) is 0 Å². The predicted molar refractivity (Wildman–Crippen MR) is 78.4 cm³/mol. The lowest BCUT2D eigenvalue weighted by molar-refractivity contribution is -0.128. The molecule has 1 aliphatic rings. The van der Waals surface area contributed by atoms with Crippen molar-refractivity contribution in [3.63, 3.8) is 0 Å². The van der Waals surface area contributed by atoms with Gasteiger partial charge in [0.1, 0.15) is 11.9 Å². The van der Waals surface area contributed by atoms with Gasteiger partial charge < -0.3 is 15.7 Å². The van der Waals surface area contributed by atoms with E-state index >= 15 is 0 Å². The highest BCUT2D eigenvalue weighted by Gasteiger charge is 2.32. The highest BCUT2D eigenvalue weighted by molar-refractivity contribution is 8.00. The van der Waals surface area contributed by atoms with Crippen LogP contribution in [-0.2, 0) is 16.0 Å². The topological polar surface area (TPSA) is 78.4 Å². The third kappa shape index (κ3) is 4.18. The molecule has 3 N–H and O–H groups in total. The summed E-state index contributed by atoms with van der Waals surface area (Å²) in [6.07, 6.45) is 0.300. The van der Waals surface area contributed by atoms with Crippen LogP contribution in [0.4, 0.5) is 4.39 Å². The molecule has 0 saturated carbocycles. The second kappa shape index (κ2) is 7.42. The molecule has 1 aromatic rings. The van der Waals surface area contributed by atoms with E-state index in [-0.39, 0.29) is 30.8 Å². The Balaban J connectivity index is 1.91. The maximum atomic E-state index is 13.6. The Bertz CT molecular complexity index is 527. The molecule has 114 valence electrons. The van der Waals surface area contributed by atoms with Crippen molar-refractivity contribution in [1.82, 2.24) is 10.6 Å². The molecule has 7 heteroatoms. The summed E-state index contributed by atoms with van der Waals surface area (Å²) in [4.78, 5) is 23.7. The van der Waals surface area contributed by atoms with E-state index in [2.05, 4.69) is 10.6 Å². The fourth-order valence-electron chi connectivity index (χ4n) is 2.05. The van der Waals surface area contributed by atoms with Crippen molar-refractivity contribution < 1.29 is 19.1 Å². The van der Waals surface area contributed by atoms with Crippen LogP contribution in [-0.4, -0.2) is 47.1 Å². The first-order chi connectivity index (χ1) is 10.1. The van der Waals surface area contributed by atoms with Crippen LogP contribution in [0.15, 0.2) is 24.3 Å². The van der Waals surface area contributed by atoms with Gasteiger partial charge >= 0.3 is 0 Å². The van der Waals surface area contributed by atoms with Crippen LogP contribution in [0.3, 0.4) is 0 Å². The van der Waals surface area contributed by atoms with Gasteiger partial charge in [0, 0.05) is 12.3 Å². The van der Waals surface area contributed by atoms with E-state index in [4.69, 9.17) is 5.11 Å². The predicted octanol–water partition coefficient (Wildman–Crippen LogP) is 0.0769. The molecule has 2 amide bonds. The van der Waals surface area contributed by atoms with E-state index in [1.165, 1.54) is 17.8 Å². The lowest BCUT2D eigenvalue weighted by atomic mass is 10.1. The molecule has 0 aromatic heterocycles. The zero-order valence-electron chi connectivity index (χ0n) is 11.3. The van der Waals surface area contributed by atoms with Crippen LogP contribution < -0.4 is 10.6 Å². The number of amides is 2. The molecule has 1 aliphatic heterocycles. The molecule has 0 radical (unpaired) electrons. The number of carbonyl (C=O) groups excluding carboxylic acids is 2. The van der Waals surface area contributed by atoms with E-state index in [1.54, 1.807) is 18.2 Å². The average molecular weight is 312 g/mol. The first kappa shape index (κ1) is 15.8. The van der Waals surface area contributed by atoms with Crippen molar-refractivity contribution >= 4 is 23.6 Å². The summed E-state index contributed by atoms with van der Waals surface area (Å²) in [5.74, 6) is -0.469. The molecule has 2 rings (SSSR count). The highest BCUT2D eigenvalue weighted by atomic mass is 32.2. The lowest BCUT2D eigenvalue weighted by Crippen LogP contribution is -2.54. The van der Waals surface area contributed by atoms with Gasteiger partial charge in [-0.15, -0.1) is 11.8 Å². The van der Waals surface area contributed by atoms with Gasteiger partial charge in [-0.1, -0.05) is 18.2 Å². The van der Waals surface area contributed by atoms with Crippen molar-refractivity contribution in [2.24, 2.45) is 0 Å². The number of rotatable bonds is 5. The molecular formula is C14H17FN2O3S. The second-order valence-electron chi connectivity index (χ2n) is 4.69. The molecule has 1 fully saturated rings. The van der Waals surface area contributed by atoms with Crippen LogP contribution in [0.1, 0.15) is 5.56 Å². The summed E-state index contributed by atoms with van der Waals surface area (Å²) in [5, 5.41) is 13.4. The van der Waals surface area contributed by atoms with E-state index in [0.29, 0.717) is 17.7 Å². The maximum Gasteiger partial charge on any atom is 0.243 e. The number of hydrogen-bond acceptors (Lipinski definition) is 4. The van der Waals surface area contributed by atoms with Crippen LogP contribution in [0.5, 0.6) is 0 Å². The largest absolute Gasteiger partial charge is 0.395 e. The zero-order chi connectivity index (χ0) is 15.2. The summed E-state index contributed by atoms with van der Waals surface area (Å²) in [7, 11) is 0. The Labute approximate surface area is 126 Å². The van der Waals surface area contributed by atoms with Crippen LogP contribution in [0.2, 0.25) is 0 Å². The summed E-state index contributed by atoms with van der Waals surface area (Å²) < 4.78 is 13.6. The summed E-state index contributed by atoms with van der Waals surface area (Å²) in [6.45, 7) is 0.0178. The number of nitrogens with one attached hydrogen (secondary N) is 2. The Morgan fingerprint density at radius 1 is 1.48 bits per heavy atom. The summed E-state index contributed by atoms with van der Waals surface area (Å²) in [6, 6.07) is 5.75. The van der Waals surface area contributed by atoms with Gasteiger partial charge in [-0.05, 0) is 18.1 Å². The third-order valence-corrected chi connectivity index (χ3v) is 4.47. The fraction of sp³-hybridized carbons (Fsp3) is 0.429. The Kier molecular flexibility index (Phi) is 5.58. The van der Waals surface area contributed by atoms with Crippen molar-refractivity contribution in [1.29, 1.82) is 0 Å². The van der Waals surface area contributed by atoms with Gasteiger partial charge in [0.15, 0.2) is 0 Å². The molecule has 1 saturated heterocycles. The van der Waals surface area contributed by atoms with Crippen molar-refractivity contribution in [3.05, 3.63) is 35.6 Å². The Morgan fingerprint density at radius 2 is 2.24 bits per heavy atom. The SMILES string of the molecule is O=C(NCCO)[C@H]1CS[C@H](Cc2ccccc2F)C(=O)N1. The smallest absolute Gasteiger partial charge is 0.243 e. The monoisotopic (exact) mass is 312 g/mol. The standard InChI is InChI=1S/C14H17FN2O3S/c15-10-4-2-1-3-9(10)7-12-14(20)17-11(8-21-12)13(19)16-5-6-18/h1-4,11-12,18H,5-8H2,(H,16,19)(H,17,20)/t11-,12-/m1/s1. The zero-order valence-corrected chi connectivity index (χ0v) is 12.2. The van der Waals surface area contributed by atoms with Gasteiger partial charge in [0.2, 0.25) is 11.8 Å².